The van der Waals surface area contributed by atoms with Crippen LogP contribution in [0.3, 0.4) is 0 Å². The molecule has 0 radical (unpaired) electrons. The van der Waals surface area contributed by atoms with Gasteiger partial charge in [-0.3, -0.25) is 14.9 Å². The third kappa shape index (κ3) is 3.62. The second-order valence-electron chi connectivity index (χ2n) is 4.70. The number of hydrogen-bond acceptors (Lipinski definition) is 5. The Bertz CT molecular complexity index is 532. The van der Waals surface area contributed by atoms with E-state index in [1.54, 1.807) is 11.9 Å². The molecule has 0 aromatic heterocycles. The summed E-state index contributed by atoms with van der Waals surface area (Å²) in [5.41, 5.74) is 0.100. The normalized spacial score (nSPS) is 17.0. The third-order valence-corrected chi connectivity index (χ3v) is 3.53. The number of nitro benzene ring substituents is 1. The van der Waals surface area contributed by atoms with Crippen LogP contribution in [-0.2, 0) is 0 Å². The van der Waals surface area contributed by atoms with Crippen molar-refractivity contribution in [2.75, 3.05) is 27.2 Å². The Kier molecular flexibility index (Phi) is 5.92. The highest BCUT2D eigenvalue weighted by Crippen LogP contribution is 2.26. The molecule has 1 aliphatic heterocycles. The fraction of sp³-hybridized carbons (Fsp3) is 0.462. The van der Waals surface area contributed by atoms with Gasteiger partial charge >= 0.3 is 0 Å². The molecular weight excluding hydrogens is 298 g/mol. The molecule has 8 heteroatoms. The van der Waals surface area contributed by atoms with Gasteiger partial charge in [-0.1, -0.05) is 0 Å². The summed E-state index contributed by atoms with van der Waals surface area (Å²) in [6.45, 7) is 1.61. The number of methoxy groups -OCH3 is 1. The predicted octanol–water partition coefficient (Wildman–Crippen LogP) is 1.46. The summed E-state index contributed by atoms with van der Waals surface area (Å²) in [5, 5.41) is 14.0. The van der Waals surface area contributed by atoms with Crippen molar-refractivity contribution in [3.05, 3.63) is 33.9 Å². The van der Waals surface area contributed by atoms with E-state index in [4.69, 9.17) is 4.74 Å². The maximum absolute atomic E-state index is 12.5. The van der Waals surface area contributed by atoms with Gasteiger partial charge in [0.2, 0.25) is 0 Å². The van der Waals surface area contributed by atoms with Crippen LogP contribution in [0.1, 0.15) is 16.8 Å². The van der Waals surface area contributed by atoms with Gasteiger partial charge in [0.25, 0.3) is 11.6 Å². The lowest BCUT2D eigenvalue weighted by Crippen LogP contribution is -2.38. The molecule has 1 fully saturated rings. The monoisotopic (exact) mass is 315 g/mol. The number of ether oxygens (including phenoxy) is 1. The molecule has 0 aliphatic carbocycles. The number of halogens is 1. The maximum Gasteiger partial charge on any atom is 0.270 e. The Labute approximate surface area is 128 Å². The summed E-state index contributed by atoms with van der Waals surface area (Å²) < 4.78 is 5.13. The van der Waals surface area contributed by atoms with E-state index in [0.717, 1.165) is 19.5 Å². The summed E-state index contributed by atoms with van der Waals surface area (Å²) in [5.74, 6) is 0.0812. The predicted molar refractivity (Wildman–Crippen MR) is 80.3 cm³/mol. The minimum absolute atomic E-state index is 0. The van der Waals surface area contributed by atoms with E-state index in [1.807, 2.05) is 0 Å². The summed E-state index contributed by atoms with van der Waals surface area (Å²) in [7, 11) is 3.15. The number of carbonyl (C=O) groups is 1. The van der Waals surface area contributed by atoms with E-state index >= 15 is 0 Å². The van der Waals surface area contributed by atoms with Crippen molar-refractivity contribution < 1.29 is 14.5 Å². The summed E-state index contributed by atoms with van der Waals surface area (Å²) in [6, 6.07) is 4.14. The Hall–Kier alpha value is -1.86. The van der Waals surface area contributed by atoms with Crippen LogP contribution in [-0.4, -0.2) is 49.0 Å². The average molecular weight is 316 g/mol. The van der Waals surface area contributed by atoms with Crippen LogP contribution in [0.2, 0.25) is 0 Å². The Morgan fingerprint density at radius 2 is 2.24 bits per heavy atom. The maximum atomic E-state index is 12.5. The van der Waals surface area contributed by atoms with Crippen LogP contribution in [0, 0.1) is 10.1 Å². The number of likely N-dealkylation sites (N-methyl/N-ethyl adjacent to an activating group) is 1. The first-order valence-corrected chi connectivity index (χ1v) is 6.35. The summed E-state index contributed by atoms with van der Waals surface area (Å²) in [6.07, 6.45) is 0.874. The molecule has 1 aromatic rings. The van der Waals surface area contributed by atoms with Gasteiger partial charge in [-0.2, -0.15) is 0 Å². The molecule has 0 bridgehead atoms. The first-order valence-electron chi connectivity index (χ1n) is 6.35. The lowest BCUT2D eigenvalue weighted by Gasteiger charge is -2.24. The molecule has 1 heterocycles. The minimum Gasteiger partial charge on any atom is -0.496 e. The number of benzene rings is 1. The first-order chi connectivity index (χ1) is 9.54. The van der Waals surface area contributed by atoms with Crippen molar-refractivity contribution in [3.8, 4) is 5.75 Å². The zero-order valence-electron chi connectivity index (χ0n) is 11.9. The standard InChI is InChI=1S/C13H17N3O4.ClH/c1-15(10-5-6-14-8-10)13(17)11-7-9(16(18)19)3-4-12(11)20-2;/h3-4,7,10,14H,5-6,8H2,1-2H3;1H. The lowest BCUT2D eigenvalue weighted by molar-refractivity contribution is -0.384. The molecule has 1 unspecified atom stereocenters. The fourth-order valence-electron chi connectivity index (χ4n) is 2.30. The van der Waals surface area contributed by atoms with E-state index in [1.165, 1.54) is 25.3 Å². The largest absolute Gasteiger partial charge is 0.496 e. The number of carbonyl (C=O) groups excluding carboxylic acids is 1. The first kappa shape index (κ1) is 17.2. The van der Waals surface area contributed by atoms with Crippen LogP contribution in [0.4, 0.5) is 5.69 Å². The molecule has 1 aromatic carbocycles. The topological polar surface area (TPSA) is 84.7 Å². The van der Waals surface area contributed by atoms with Crippen molar-refractivity contribution in [2.45, 2.75) is 12.5 Å². The number of nitro groups is 1. The zero-order valence-corrected chi connectivity index (χ0v) is 12.7. The highest BCUT2D eigenvalue weighted by molar-refractivity contribution is 5.97. The molecule has 1 aliphatic rings. The highest BCUT2D eigenvalue weighted by atomic mass is 35.5. The van der Waals surface area contributed by atoms with Crippen LogP contribution >= 0.6 is 12.4 Å². The lowest BCUT2D eigenvalue weighted by atomic mass is 10.1. The van der Waals surface area contributed by atoms with Gasteiger partial charge in [0.05, 0.1) is 17.6 Å². The Balaban J connectivity index is 0.00000220. The molecule has 1 amide bonds. The number of hydrogen-bond donors (Lipinski definition) is 1. The Morgan fingerprint density at radius 1 is 1.52 bits per heavy atom. The van der Waals surface area contributed by atoms with Gasteiger partial charge in [-0.05, 0) is 19.0 Å². The zero-order chi connectivity index (χ0) is 14.7. The van der Waals surface area contributed by atoms with Crippen LogP contribution in [0.15, 0.2) is 18.2 Å². The highest BCUT2D eigenvalue weighted by Gasteiger charge is 2.27. The van der Waals surface area contributed by atoms with Gasteiger partial charge < -0.3 is 15.0 Å². The van der Waals surface area contributed by atoms with Gasteiger partial charge in [0.1, 0.15) is 5.75 Å². The average Bonchev–Trinajstić information content (AvgIpc) is 2.99. The second kappa shape index (κ2) is 7.24. The summed E-state index contributed by atoms with van der Waals surface area (Å²) >= 11 is 0. The van der Waals surface area contributed by atoms with Gasteiger partial charge in [-0.25, -0.2) is 0 Å². The van der Waals surface area contributed by atoms with E-state index in [-0.39, 0.29) is 35.6 Å². The number of non-ortho nitro benzene ring substituents is 1. The molecule has 1 atom stereocenters. The van der Waals surface area contributed by atoms with Crippen molar-refractivity contribution >= 4 is 24.0 Å². The number of nitrogens with one attached hydrogen (secondary N) is 1. The molecule has 0 spiro atoms. The molecule has 1 saturated heterocycles. The molecule has 7 nitrogen and oxygen atoms in total. The quantitative estimate of drug-likeness (QED) is 0.671. The molecule has 0 saturated carbocycles. The van der Waals surface area contributed by atoms with Crippen molar-refractivity contribution in [1.82, 2.24) is 10.2 Å². The van der Waals surface area contributed by atoms with Crippen molar-refractivity contribution in [1.29, 1.82) is 0 Å². The molecular formula is C13H18ClN3O4. The molecule has 21 heavy (non-hydrogen) atoms. The van der Waals surface area contributed by atoms with Gasteiger partial charge in [0, 0.05) is 31.8 Å². The van der Waals surface area contributed by atoms with Crippen LogP contribution in [0.5, 0.6) is 5.75 Å². The van der Waals surface area contributed by atoms with Gasteiger partial charge in [-0.15, -0.1) is 12.4 Å². The molecule has 2 rings (SSSR count). The van der Waals surface area contributed by atoms with Crippen molar-refractivity contribution in [3.63, 3.8) is 0 Å². The van der Waals surface area contributed by atoms with E-state index < -0.39 is 4.92 Å². The molecule has 1 N–H and O–H groups in total. The van der Waals surface area contributed by atoms with Crippen LogP contribution in [0.25, 0.3) is 0 Å². The minimum atomic E-state index is -0.520. The smallest absolute Gasteiger partial charge is 0.270 e. The third-order valence-electron chi connectivity index (χ3n) is 3.53. The van der Waals surface area contributed by atoms with Crippen molar-refractivity contribution in [2.24, 2.45) is 0 Å². The second-order valence-corrected chi connectivity index (χ2v) is 4.70. The van der Waals surface area contributed by atoms with E-state index in [0.29, 0.717) is 5.75 Å². The number of rotatable bonds is 4. The van der Waals surface area contributed by atoms with Gasteiger partial charge in [0.15, 0.2) is 0 Å². The number of nitrogens with zero attached hydrogens (tertiary/aromatic N) is 2. The van der Waals surface area contributed by atoms with E-state index in [9.17, 15) is 14.9 Å². The number of amides is 1. The van der Waals surface area contributed by atoms with Crippen LogP contribution < -0.4 is 10.1 Å². The summed E-state index contributed by atoms with van der Waals surface area (Å²) in [4.78, 5) is 24.4. The fourth-order valence-corrected chi connectivity index (χ4v) is 2.30. The SMILES string of the molecule is COc1ccc([N+](=O)[O-])cc1C(=O)N(C)C1CCNC1.Cl. The molecule has 116 valence electrons. The Morgan fingerprint density at radius 3 is 2.76 bits per heavy atom. The van der Waals surface area contributed by atoms with E-state index in [2.05, 4.69) is 5.32 Å².